The molecule has 2 atom stereocenters. The highest BCUT2D eigenvalue weighted by Gasteiger charge is 2.34. The number of rotatable bonds is 7. The van der Waals surface area contributed by atoms with Crippen molar-refractivity contribution in [1.29, 1.82) is 0 Å². The molecule has 1 heterocycles. The third-order valence-corrected chi connectivity index (χ3v) is 6.36. The number of benzene rings is 2. The minimum Gasteiger partial charge on any atom is -0.480 e. The molecule has 2 aromatic rings. The van der Waals surface area contributed by atoms with Crippen molar-refractivity contribution in [3.8, 4) is 11.1 Å². The molecule has 2 N–H and O–H groups in total. The summed E-state index contributed by atoms with van der Waals surface area (Å²) < 4.78 is 5.54. The Morgan fingerprint density at radius 1 is 1.09 bits per heavy atom. The van der Waals surface area contributed by atoms with Gasteiger partial charge in [-0.3, -0.25) is 4.79 Å². The SMILES string of the molecule is CC(CCC(=O)N1CCC[C@H]1C(=O)O)NC(=O)OCC1c2ccccc2-c2ccccc21. The average molecular weight is 437 g/mol. The van der Waals surface area contributed by atoms with Gasteiger partial charge < -0.3 is 20.1 Å². The Labute approximate surface area is 187 Å². The van der Waals surface area contributed by atoms with Gasteiger partial charge in [0.2, 0.25) is 5.91 Å². The van der Waals surface area contributed by atoms with Crippen molar-refractivity contribution in [2.75, 3.05) is 13.2 Å². The van der Waals surface area contributed by atoms with E-state index in [0.29, 0.717) is 25.8 Å². The zero-order valence-corrected chi connectivity index (χ0v) is 18.1. The lowest BCUT2D eigenvalue weighted by molar-refractivity contribution is -0.148. The quantitative estimate of drug-likeness (QED) is 0.689. The van der Waals surface area contributed by atoms with Crippen LogP contribution >= 0.6 is 0 Å². The van der Waals surface area contributed by atoms with Gasteiger partial charge in [0.05, 0.1) is 0 Å². The number of alkyl carbamates (subject to hydrolysis) is 1. The number of carboxylic acids is 1. The smallest absolute Gasteiger partial charge is 0.407 e. The Hall–Kier alpha value is -3.35. The Morgan fingerprint density at radius 3 is 2.34 bits per heavy atom. The normalized spacial score (nSPS) is 18.0. The van der Waals surface area contributed by atoms with Crippen molar-refractivity contribution >= 4 is 18.0 Å². The number of aliphatic carboxylic acids is 1. The second-order valence-corrected chi connectivity index (χ2v) is 8.49. The summed E-state index contributed by atoms with van der Waals surface area (Å²) in [4.78, 5) is 37.5. The highest BCUT2D eigenvalue weighted by Crippen LogP contribution is 2.44. The van der Waals surface area contributed by atoms with E-state index in [9.17, 15) is 19.5 Å². The summed E-state index contributed by atoms with van der Waals surface area (Å²) in [5.74, 6) is -1.15. The summed E-state index contributed by atoms with van der Waals surface area (Å²) in [6, 6.07) is 15.3. The first kappa shape index (κ1) is 21.9. The average Bonchev–Trinajstić information content (AvgIpc) is 3.40. The molecule has 0 spiro atoms. The van der Waals surface area contributed by atoms with Crippen molar-refractivity contribution in [3.63, 3.8) is 0 Å². The summed E-state index contributed by atoms with van der Waals surface area (Å²) in [5, 5.41) is 12.0. The number of nitrogens with one attached hydrogen (secondary N) is 1. The van der Waals surface area contributed by atoms with Crippen LogP contribution in [0.15, 0.2) is 48.5 Å². The minimum atomic E-state index is -0.958. The summed E-state index contributed by atoms with van der Waals surface area (Å²) in [6.45, 7) is 2.52. The Morgan fingerprint density at radius 2 is 1.72 bits per heavy atom. The zero-order valence-electron chi connectivity index (χ0n) is 18.1. The fraction of sp³-hybridized carbons (Fsp3) is 0.400. The number of amides is 2. The fourth-order valence-corrected chi connectivity index (χ4v) is 4.72. The van der Waals surface area contributed by atoms with Gasteiger partial charge >= 0.3 is 12.1 Å². The lowest BCUT2D eigenvalue weighted by atomic mass is 9.98. The molecule has 0 radical (unpaired) electrons. The number of carboxylic acid groups (broad SMARTS) is 1. The monoisotopic (exact) mass is 436 g/mol. The van der Waals surface area contributed by atoms with E-state index in [2.05, 4.69) is 29.6 Å². The number of hydrogen-bond donors (Lipinski definition) is 2. The molecule has 1 aliphatic carbocycles. The highest BCUT2D eigenvalue weighted by molar-refractivity contribution is 5.84. The molecule has 1 unspecified atom stereocenters. The van der Waals surface area contributed by atoms with E-state index >= 15 is 0 Å². The van der Waals surface area contributed by atoms with E-state index < -0.39 is 18.1 Å². The first-order chi connectivity index (χ1) is 15.5. The molecule has 1 fully saturated rings. The summed E-state index contributed by atoms with van der Waals surface area (Å²) >= 11 is 0. The molecule has 0 bridgehead atoms. The van der Waals surface area contributed by atoms with Crippen LogP contribution < -0.4 is 5.32 Å². The second kappa shape index (κ2) is 9.42. The van der Waals surface area contributed by atoms with Crippen molar-refractivity contribution in [2.45, 2.75) is 50.6 Å². The molecule has 7 nitrogen and oxygen atoms in total. The summed E-state index contributed by atoms with van der Waals surface area (Å²) in [5.41, 5.74) is 4.65. The number of fused-ring (bicyclic) bond motifs is 3. The van der Waals surface area contributed by atoms with Crippen LogP contribution in [0.25, 0.3) is 11.1 Å². The Balaban J connectivity index is 1.27. The number of hydrogen-bond acceptors (Lipinski definition) is 4. The van der Waals surface area contributed by atoms with Gasteiger partial charge in [-0.05, 0) is 48.4 Å². The molecule has 0 saturated carbocycles. The molecule has 2 aliphatic rings. The number of ether oxygens (including phenoxy) is 1. The maximum atomic E-state index is 12.4. The van der Waals surface area contributed by atoms with E-state index in [1.165, 1.54) is 16.0 Å². The van der Waals surface area contributed by atoms with Crippen LogP contribution in [0.1, 0.15) is 49.7 Å². The molecule has 168 valence electrons. The van der Waals surface area contributed by atoms with Gasteiger partial charge in [0.1, 0.15) is 12.6 Å². The second-order valence-electron chi connectivity index (χ2n) is 8.49. The number of likely N-dealkylation sites (tertiary alicyclic amines) is 1. The number of nitrogens with zero attached hydrogens (tertiary/aromatic N) is 1. The van der Waals surface area contributed by atoms with E-state index in [1.54, 1.807) is 0 Å². The third-order valence-electron chi connectivity index (χ3n) is 6.36. The van der Waals surface area contributed by atoms with Crippen LogP contribution in [0.2, 0.25) is 0 Å². The van der Waals surface area contributed by atoms with Crippen molar-refractivity contribution in [3.05, 3.63) is 59.7 Å². The Bertz CT molecular complexity index is 975. The van der Waals surface area contributed by atoms with Crippen molar-refractivity contribution < 1.29 is 24.2 Å². The van der Waals surface area contributed by atoms with Crippen LogP contribution in [-0.4, -0.2) is 53.2 Å². The topological polar surface area (TPSA) is 95.9 Å². The van der Waals surface area contributed by atoms with Gasteiger partial charge in [-0.15, -0.1) is 0 Å². The summed E-state index contributed by atoms with van der Waals surface area (Å²) in [6.07, 6.45) is 1.29. The first-order valence-electron chi connectivity index (χ1n) is 11.1. The molecular formula is C25H28N2O5. The molecule has 0 aromatic heterocycles. The van der Waals surface area contributed by atoms with Crippen molar-refractivity contribution in [2.24, 2.45) is 0 Å². The first-order valence-corrected chi connectivity index (χ1v) is 11.1. The third kappa shape index (κ3) is 4.47. The van der Waals surface area contributed by atoms with Gasteiger partial charge in [-0.1, -0.05) is 48.5 Å². The lowest BCUT2D eigenvalue weighted by Crippen LogP contribution is -2.41. The lowest BCUT2D eigenvalue weighted by Gasteiger charge is -2.22. The number of carbonyl (C=O) groups excluding carboxylic acids is 2. The molecule has 1 aliphatic heterocycles. The van der Waals surface area contributed by atoms with Crippen LogP contribution in [0.4, 0.5) is 4.79 Å². The van der Waals surface area contributed by atoms with E-state index in [1.807, 2.05) is 31.2 Å². The molecular weight excluding hydrogens is 408 g/mol. The molecule has 2 aromatic carbocycles. The summed E-state index contributed by atoms with van der Waals surface area (Å²) in [7, 11) is 0. The van der Waals surface area contributed by atoms with Gasteiger partial charge in [0.25, 0.3) is 0 Å². The van der Waals surface area contributed by atoms with Crippen LogP contribution in [0.5, 0.6) is 0 Å². The van der Waals surface area contributed by atoms with Crippen LogP contribution in [0.3, 0.4) is 0 Å². The molecule has 1 saturated heterocycles. The molecule has 32 heavy (non-hydrogen) atoms. The van der Waals surface area contributed by atoms with Gasteiger partial charge in [0, 0.05) is 24.9 Å². The van der Waals surface area contributed by atoms with Gasteiger partial charge in [-0.2, -0.15) is 0 Å². The van der Waals surface area contributed by atoms with E-state index in [4.69, 9.17) is 4.74 Å². The van der Waals surface area contributed by atoms with Gasteiger partial charge in [-0.25, -0.2) is 9.59 Å². The largest absolute Gasteiger partial charge is 0.480 e. The number of carbonyl (C=O) groups is 3. The molecule has 4 rings (SSSR count). The highest BCUT2D eigenvalue weighted by atomic mass is 16.5. The van der Waals surface area contributed by atoms with Gasteiger partial charge in [0.15, 0.2) is 0 Å². The maximum Gasteiger partial charge on any atom is 0.407 e. The molecule has 2 amide bonds. The van der Waals surface area contributed by atoms with Crippen LogP contribution in [0, 0.1) is 0 Å². The minimum absolute atomic E-state index is 0.00634. The predicted molar refractivity (Wildman–Crippen MR) is 119 cm³/mol. The molecule has 7 heteroatoms. The maximum absolute atomic E-state index is 12.4. The predicted octanol–water partition coefficient (Wildman–Crippen LogP) is 3.77. The van der Waals surface area contributed by atoms with E-state index in [-0.39, 0.29) is 30.9 Å². The Kier molecular flexibility index (Phi) is 6.44. The standard InChI is InChI=1S/C25H28N2O5/c1-16(12-13-23(28)27-14-6-11-22(27)24(29)30)26-25(31)32-15-21-19-9-4-2-7-17(19)18-8-3-5-10-20(18)21/h2-5,7-10,16,21-22H,6,11-15H2,1H3,(H,26,31)(H,29,30)/t16?,22-/m0/s1. The van der Waals surface area contributed by atoms with Crippen molar-refractivity contribution in [1.82, 2.24) is 10.2 Å². The van der Waals surface area contributed by atoms with Crippen LogP contribution in [-0.2, 0) is 14.3 Å². The van der Waals surface area contributed by atoms with E-state index in [0.717, 1.165) is 11.1 Å². The zero-order chi connectivity index (χ0) is 22.7. The fourth-order valence-electron chi connectivity index (χ4n) is 4.72.